The van der Waals surface area contributed by atoms with Crippen LogP contribution in [0.1, 0.15) is 44.0 Å². The van der Waals surface area contributed by atoms with Crippen LogP contribution in [0.5, 0.6) is 0 Å². The fraction of sp³-hybridized carbons (Fsp3) is 0.533. The molecule has 2 aromatic rings. The second-order valence-corrected chi connectivity index (χ2v) is 5.39. The van der Waals surface area contributed by atoms with Crippen molar-refractivity contribution < 1.29 is 0 Å². The average Bonchev–Trinajstić information content (AvgIpc) is 2.96. The third-order valence-corrected chi connectivity index (χ3v) is 4.04. The molecule has 0 atom stereocenters. The van der Waals surface area contributed by atoms with Crippen molar-refractivity contribution in [3.63, 3.8) is 0 Å². The fourth-order valence-electron chi connectivity index (χ4n) is 2.95. The Morgan fingerprint density at radius 2 is 2.05 bits per heavy atom. The summed E-state index contributed by atoms with van der Waals surface area (Å²) in [7, 11) is 0. The lowest BCUT2D eigenvalue weighted by molar-refractivity contribution is 0.319. The summed E-state index contributed by atoms with van der Waals surface area (Å²) in [6.07, 6.45) is 10.5. The molecule has 0 bridgehead atoms. The number of rotatable bonds is 4. The van der Waals surface area contributed by atoms with Crippen molar-refractivity contribution >= 4 is 0 Å². The maximum absolute atomic E-state index is 11.7. The van der Waals surface area contributed by atoms with Gasteiger partial charge in [-0.3, -0.25) is 4.79 Å². The molecule has 20 heavy (non-hydrogen) atoms. The second-order valence-electron chi connectivity index (χ2n) is 5.39. The molecule has 1 aliphatic carbocycles. The standard InChI is InChI=1S/C15H20N4O/c20-15-8-4-5-10-18(15)11-9-14-16-12-17-19(14)13-6-2-1-3-7-13/h4-5,8,10,12-13H,1-3,6-7,9,11H2. The average molecular weight is 272 g/mol. The van der Waals surface area contributed by atoms with Gasteiger partial charge in [-0.1, -0.05) is 25.3 Å². The molecule has 0 N–H and O–H groups in total. The number of nitrogens with zero attached hydrogens (tertiary/aromatic N) is 4. The van der Waals surface area contributed by atoms with Crippen LogP contribution in [0, 0.1) is 0 Å². The van der Waals surface area contributed by atoms with E-state index in [0.717, 1.165) is 12.2 Å². The summed E-state index contributed by atoms with van der Waals surface area (Å²) < 4.78 is 3.80. The third-order valence-electron chi connectivity index (χ3n) is 4.04. The molecule has 0 radical (unpaired) electrons. The summed E-state index contributed by atoms with van der Waals surface area (Å²) in [5.74, 6) is 0.993. The van der Waals surface area contributed by atoms with E-state index in [1.807, 2.05) is 12.3 Å². The smallest absolute Gasteiger partial charge is 0.250 e. The molecule has 0 spiro atoms. The van der Waals surface area contributed by atoms with Crippen LogP contribution in [-0.4, -0.2) is 19.3 Å². The van der Waals surface area contributed by atoms with Crippen molar-refractivity contribution in [3.05, 3.63) is 46.9 Å². The molecule has 3 rings (SSSR count). The zero-order valence-corrected chi connectivity index (χ0v) is 11.6. The van der Waals surface area contributed by atoms with E-state index in [1.165, 1.54) is 32.1 Å². The quantitative estimate of drug-likeness (QED) is 0.857. The predicted octanol–water partition coefficient (Wildman–Crippen LogP) is 2.19. The molecule has 106 valence electrons. The van der Waals surface area contributed by atoms with Crippen LogP contribution in [0.2, 0.25) is 0 Å². The van der Waals surface area contributed by atoms with Gasteiger partial charge in [0.2, 0.25) is 0 Å². The van der Waals surface area contributed by atoms with Crippen molar-refractivity contribution in [2.24, 2.45) is 0 Å². The highest BCUT2D eigenvalue weighted by atomic mass is 16.1. The predicted molar refractivity (Wildman–Crippen MR) is 76.6 cm³/mol. The van der Waals surface area contributed by atoms with Gasteiger partial charge in [0.05, 0.1) is 6.04 Å². The minimum Gasteiger partial charge on any atom is -0.315 e. The summed E-state index contributed by atoms with van der Waals surface area (Å²) >= 11 is 0. The molecule has 0 aliphatic heterocycles. The molecular weight excluding hydrogens is 252 g/mol. The molecule has 1 aliphatic rings. The number of aryl methyl sites for hydroxylation is 2. The lowest BCUT2D eigenvalue weighted by Crippen LogP contribution is -2.21. The Morgan fingerprint density at radius 3 is 2.85 bits per heavy atom. The van der Waals surface area contributed by atoms with Crippen LogP contribution in [-0.2, 0) is 13.0 Å². The van der Waals surface area contributed by atoms with E-state index >= 15 is 0 Å². The van der Waals surface area contributed by atoms with Gasteiger partial charge in [0.1, 0.15) is 12.2 Å². The first-order chi connectivity index (χ1) is 9.84. The minimum absolute atomic E-state index is 0.0382. The Morgan fingerprint density at radius 1 is 1.20 bits per heavy atom. The van der Waals surface area contributed by atoms with Crippen LogP contribution in [0.3, 0.4) is 0 Å². The van der Waals surface area contributed by atoms with E-state index in [2.05, 4.69) is 14.8 Å². The number of hydrogen-bond donors (Lipinski definition) is 0. The second kappa shape index (κ2) is 6.03. The monoisotopic (exact) mass is 272 g/mol. The van der Waals surface area contributed by atoms with E-state index in [1.54, 1.807) is 23.0 Å². The van der Waals surface area contributed by atoms with E-state index in [0.29, 0.717) is 12.6 Å². The number of pyridine rings is 1. The van der Waals surface area contributed by atoms with E-state index in [-0.39, 0.29) is 5.56 Å². The van der Waals surface area contributed by atoms with Gasteiger partial charge in [-0.15, -0.1) is 0 Å². The van der Waals surface area contributed by atoms with Gasteiger partial charge in [0.15, 0.2) is 0 Å². The van der Waals surface area contributed by atoms with Crippen molar-refractivity contribution in [1.82, 2.24) is 19.3 Å². The lowest BCUT2D eigenvalue weighted by Gasteiger charge is -2.23. The molecule has 2 aromatic heterocycles. The van der Waals surface area contributed by atoms with Crippen molar-refractivity contribution in [1.29, 1.82) is 0 Å². The zero-order chi connectivity index (χ0) is 13.8. The van der Waals surface area contributed by atoms with Gasteiger partial charge in [0.25, 0.3) is 5.56 Å². The Balaban J connectivity index is 1.70. The van der Waals surface area contributed by atoms with Crippen LogP contribution < -0.4 is 5.56 Å². The van der Waals surface area contributed by atoms with Crippen LogP contribution in [0.15, 0.2) is 35.5 Å². The van der Waals surface area contributed by atoms with Gasteiger partial charge in [-0.25, -0.2) is 9.67 Å². The lowest BCUT2D eigenvalue weighted by atomic mass is 9.95. The van der Waals surface area contributed by atoms with Gasteiger partial charge < -0.3 is 4.57 Å². The summed E-state index contributed by atoms with van der Waals surface area (Å²) in [6, 6.07) is 5.73. The van der Waals surface area contributed by atoms with Crippen molar-refractivity contribution in [3.8, 4) is 0 Å². The molecular formula is C15H20N4O. The van der Waals surface area contributed by atoms with Crippen molar-refractivity contribution in [2.75, 3.05) is 0 Å². The molecule has 1 fully saturated rings. The Kier molecular flexibility index (Phi) is 3.95. The Labute approximate surface area is 118 Å². The maximum atomic E-state index is 11.7. The van der Waals surface area contributed by atoms with Gasteiger partial charge >= 0.3 is 0 Å². The Hall–Kier alpha value is -1.91. The summed E-state index contributed by atoms with van der Waals surface area (Å²) in [5.41, 5.74) is 0.0382. The SMILES string of the molecule is O=c1ccccn1CCc1ncnn1C1CCCCC1. The third kappa shape index (κ3) is 2.81. The number of aromatic nitrogens is 4. The highest BCUT2D eigenvalue weighted by molar-refractivity contribution is 4.95. The van der Waals surface area contributed by atoms with E-state index < -0.39 is 0 Å². The summed E-state index contributed by atoms with van der Waals surface area (Å²) in [4.78, 5) is 16.1. The molecule has 1 saturated carbocycles. The topological polar surface area (TPSA) is 52.7 Å². The summed E-state index contributed by atoms with van der Waals surface area (Å²) in [6.45, 7) is 0.658. The molecule has 0 unspecified atom stereocenters. The molecule has 0 aromatic carbocycles. The van der Waals surface area contributed by atoms with Crippen LogP contribution in [0.4, 0.5) is 0 Å². The van der Waals surface area contributed by atoms with Gasteiger partial charge in [-0.2, -0.15) is 5.10 Å². The first-order valence-electron chi connectivity index (χ1n) is 7.38. The van der Waals surface area contributed by atoms with Crippen LogP contribution >= 0.6 is 0 Å². The molecule has 0 amide bonds. The number of hydrogen-bond acceptors (Lipinski definition) is 3. The largest absolute Gasteiger partial charge is 0.315 e. The first kappa shape index (κ1) is 13.1. The van der Waals surface area contributed by atoms with Crippen molar-refractivity contribution in [2.45, 2.75) is 51.1 Å². The Bertz CT molecular complexity index is 610. The first-order valence-corrected chi connectivity index (χ1v) is 7.38. The van der Waals surface area contributed by atoms with E-state index in [4.69, 9.17) is 0 Å². The van der Waals surface area contributed by atoms with Gasteiger partial charge in [0, 0.05) is 25.2 Å². The fourth-order valence-corrected chi connectivity index (χ4v) is 2.95. The molecule has 0 saturated heterocycles. The highest BCUT2D eigenvalue weighted by Gasteiger charge is 2.18. The van der Waals surface area contributed by atoms with E-state index in [9.17, 15) is 4.79 Å². The zero-order valence-electron chi connectivity index (χ0n) is 11.6. The molecule has 5 heteroatoms. The minimum atomic E-state index is 0.0382. The highest BCUT2D eigenvalue weighted by Crippen LogP contribution is 2.28. The summed E-state index contributed by atoms with van der Waals surface area (Å²) in [5, 5.41) is 4.39. The maximum Gasteiger partial charge on any atom is 0.250 e. The molecule has 2 heterocycles. The van der Waals surface area contributed by atoms with Crippen LogP contribution in [0.25, 0.3) is 0 Å². The van der Waals surface area contributed by atoms with Gasteiger partial charge in [-0.05, 0) is 18.9 Å². The molecule has 5 nitrogen and oxygen atoms in total. The normalized spacial score (nSPS) is 16.4.